The van der Waals surface area contributed by atoms with E-state index in [2.05, 4.69) is 5.32 Å². The Morgan fingerprint density at radius 1 is 0.933 bits per heavy atom. The van der Waals surface area contributed by atoms with Gasteiger partial charge in [-0.15, -0.1) is 0 Å². The van der Waals surface area contributed by atoms with Crippen molar-refractivity contribution in [1.82, 2.24) is 0 Å². The highest BCUT2D eigenvalue weighted by Gasteiger charge is 2.14. The van der Waals surface area contributed by atoms with Crippen LogP contribution in [0, 0.1) is 10.1 Å². The summed E-state index contributed by atoms with van der Waals surface area (Å²) in [4.78, 5) is 22.9. The van der Waals surface area contributed by atoms with Crippen LogP contribution in [0.1, 0.15) is 10.4 Å². The highest BCUT2D eigenvalue weighted by Crippen LogP contribution is 2.29. The molecule has 0 aliphatic carbocycles. The Morgan fingerprint density at radius 2 is 1.57 bits per heavy atom. The lowest BCUT2D eigenvalue weighted by molar-refractivity contribution is -0.384. The number of non-ortho nitro benzene ring substituents is 1. The van der Waals surface area contributed by atoms with Crippen LogP contribution >= 0.6 is 0 Å². The number of amides is 1. The van der Waals surface area contributed by atoms with Crippen LogP contribution in [0.15, 0.2) is 72.8 Å². The molecular formula is C22H20N2O6. The zero-order valence-electron chi connectivity index (χ0n) is 16.2. The van der Waals surface area contributed by atoms with Gasteiger partial charge in [0.25, 0.3) is 11.6 Å². The normalized spacial score (nSPS) is 10.2. The molecule has 0 aliphatic rings. The molecule has 0 heterocycles. The van der Waals surface area contributed by atoms with Crippen molar-refractivity contribution in [2.75, 3.05) is 25.6 Å². The predicted molar refractivity (Wildman–Crippen MR) is 111 cm³/mol. The fourth-order valence-corrected chi connectivity index (χ4v) is 2.64. The first-order valence-electron chi connectivity index (χ1n) is 9.11. The summed E-state index contributed by atoms with van der Waals surface area (Å²) in [6.07, 6.45) is 0. The molecule has 0 aromatic heterocycles. The number of hydrogen-bond acceptors (Lipinski definition) is 6. The molecule has 0 atom stereocenters. The zero-order valence-corrected chi connectivity index (χ0v) is 16.2. The van der Waals surface area contributed by atoms with Crippen molar-refractivity contribution in [1.29, 1.82) is 0 Å². The summed E-state index contributed by atoms with van der Waals surface area (Å²) >= 11 is 0. The molecular weight excluding hydrogens is 388 g/mol. The summed E-state index contributed by atoms with van der Waals surface area (Å²) in [5, 5.41) is 13.6. The zero-order chi connectivity index (χ0) is 21.3. The highest BCUT2D eigenvalue weighted by molar-refractivity contribution is 6.05. The van der Waals surface area contributed by atoms with E-state index in [1.807, 2.05) is 30.3 Å². The van der Waals surface area contributed by atoms with Crippen molar-refractivity contribution in [2.24, 2.45) is 0 Å². The van der Waals surface area contributed by atoms with E-state index < -0.39 is 10.8 Å². The molecule has 3 aromatic carbocycles. The second-order valence-electron chi connectivity index (χ2n) is 6.13. The number of methoxy groups -OCH3 is 1. The quantitative estimate of drug-likeness (QED) is 0.322. The molecule has 0 bridgehead atoms. The lowest BCUT2D eigenvalue weighted by Crippen LogP contribution is -2.13. The number of para-hydroxylation sites is 1. The van der Waals surface area contributed by atoms with Crippen molar-refractivity contribution < 1.29 is 23.9 Å². The molecule has 3 aromatic rings. The number of anilines is 1. The van der Waals surface area contributed by atoms with E-state index in [0.717, 1.165) is 5.75 Å². The number of hydrogen-bond donors (Lipinski definition) is 1. The maximum absolute atomic E-state index is 12.5. The fraction of sp³-hybridized carbons (Fsp3) is 0.136. The van der Waals surface area contributed by atoms with Crippen LogP contribution in [-0.2, 0) is 0 Å². The Kier molecular flexibility index (Phi) is 6.83. The molecule has 0 aliphatic heterocycles. The Labute approximate surface area is 173 Å². The first-order chi connectivity index (χ1) is 14.6. The minimum atomic E-state index is -0.539. The Hall–Kier alpha value is -4.07. The summed E-state index contributed by atoms with van der Waals surface area (Å²) in [6, 6.07) is 20.0. The Morgan fingerprint density at radius 3 is 2.17 bits per heavy atom. The predicted octanol–water partition coefficient (Wildman–Crippen LogP) is 4.31. The maximum Gasteiger partial charge on any atom is 0.271 e. The number of rotatable bonds is 9. The van der Waals surface area contributed by atoms with Crippen molar-refractivity contribution in [3.05, 3.63) is 88.5 Å². The molecule has 0 unspecified atom stereocenters. The van der Waals surface area contributed by atoms with Gasteiger partial charge in [-0.05, 0) is 42.5 Å². The Bertz CT molecular complexity index is 1010. The first-order valence-corrected chi connectivity index (χ1v) is 9.11. The third-order valence-electron chi connectivity index (χ3n) is 4.12. The molecule has 0 spiro atoms. The minimum Gasteiger partial charge on any atom is -0.495 e. The lowest BCUT2D eigenvalue weighted by atomic mass is 10.2. The van der Waals surface area contributed by atoms with Crippen LogP contribution in [-0.4, -0.2) is 31.2 Å². The molecule has 1 amide bonds. The van der Waals surface area contributed by atoms with E-state index in [1.165, 1.54) is 25.3 Å². The lowest BCUT2D eigenvalue weighted by Gasteiger charge is -2.11. The molecule has 1 N–H and O–H groups in total. The van der Waals surface area contributed by atoms with Crippen LogP contribution in [0.2, 0.25) is 0 Å². The molecule has 0 saturated heterocycles. The van der Waals surface area contributed by atoms with Crippen molar-refractivity contribution in [2.45, 2.75) is 0 Å². The molecule has 8 nitrogen and oxygen atoms in total. The third-order valence-corrected chi connectivity index (χ3v) is 4.12. The third kappa shape index (κ3) is 5.48. The summed E-state index contributed by atoms with van der Waals surface area (Å²) in [5.74, 6) is 1.26. The average molecular weight is 408 g/mol. The van der Waals surface area contributed by atoms with Gasteiger partial charge in [0.1, 0.15) is 30.5 Å². The number of ether oxygens (including phenoxy) is 3. The van der Waals surface area contributed by atoms with Gasteiger partial charge < -0.3 is 19.5 Å². The van der Waals surface area contributed by atoms with Crippen LogP contribution in [0.4, 0.5) is 11.4 Å². The number of benzene rings is 3. The molecule has 0 radical (unpaired) electrons. The maximum atomic E-state index is 12.5. The van der Waals surface area contributed by atoms with Crippen molar-refractivity contribution in [3.63, 3.8) is 0 Å². The van der Waals surface area contributed by atoms with Gasteiger partial charge in [-0.2, -0.15) is 0 Å². The molecule has 154 valence electrons. The minimum absolute atomic E-state index is 0.146. The van der Waals surface area contributed by atoms with Crippen molar-refractivity contribution >= 4 is 17.3 Å². The van der Waals surface area contributed by atoms with Crippen LogP contribution in [0.5, 0.6) is 17.2 Å². The molecule has 8 heteroatoms. The Balaban J connectivity index is 1.56. The molecule has 0 saturated carbocycles. The van der Waals surface area contributed by atoms with E-state index >= 15 is 0 Å². The second-order valence-corrected chi connectivity index (χ2v) is 6.13. The van der Waals surface area contributed by atoms with E-state index in [1.54, 1.807) is 24.3 Å². The fourth-order valence-electron chi connectivity index (χ4n) is 2.64. The van der Waals surface area contributed by atoms with Gasteiger partial charge in [0.15, 0.2) is 0 Å². The second kappa shape index (κ2) is 9.92. The number of nitro groups is 1. The van der Waals surface area contributed by atoms with E-state index in [9.17, 15) is 14.9 Å². The number of carbonyl (C=O) groups excluding carboxylic acids is 1. The number of nitro benzene ring substituents is 1. The van der Waals surface area contributed by atoms with Gasteiger partial charge in [0.2, 0.25) is 0 Å². The van der Waals surface area contributed by atoms with Crippen LogP contribution in [0.25, 0.3) is 0 Å². The number of nitrogens with one attached hydrogen (secondary N) is 1. The smallest absolute Gasteiger partial charge is 0.271 e. The average Bonchev–Trinajstić information content (AvgIpc) is 2.77. The van der Waals surface area contributed by atoms with Gasteiger partial charge in [-0.3, -0.25) is 14.9 Å². The van der Waals surface area contributed by atoms with E-state index in [4.69, 9.17) is 14.2 Å². The highest BCUT2D eigenvalue weighted by atomic mass is 16.6. The van der Waals surface area contributed by atoms with E-state index in [-0.39, 0.29) is 11.4 Å². The van der Waals surface area contributed by atoms with Gasteiger partial charge in [-0.1, -0.05) is 18.2 Å². The largest absolute Gasteiger partial charge is 0.495 e. The van der Waals surface area contributed by atoms with Crippen molar-refractivity contribution in [3.8, 4) is 17.2 Å². The molecule has 3 rings (SSSR count). The molecule has 0 fully saturated rings. The van der Waals surface area contributed by atoms with Crippen LogP contribution in [0.3, 0.4) is 0 Å². The first kappa shape index (κ1) is 20.7. The topological polar surface area (TPSA) is 99.9 Å². The van der Waals surface area contributed by atoms with Crippen LogP contribution < -0.4 is 19.5 Å². The summed E-state index contributed by atoms with van der Waals surface area (Å²) in [6.45, 7) is 0.740. The monoisotopic (exact) mass is 408 g/mol. The SMILES string of the molecule is COc1ccc([N+](=O)[O-])cc1NC(=O)c1ccc(OCCOc2ccccc2)cc1. The number of carbonyl (C=O) groups is 1. The standard InChI is InChI=1S/C22H20N2O6/c1-28-21-12-9-17(24(26)27)15-20(21)23-22(25)16-7-10-19(11-8-16)30-14-13-29-18-5-3-2-4-6-18/h2-12,15H,13-14H2,1H3,(H,23,25). The van der Waals surface area contributed by atoms with Gasteiger partial charge >= 0.3 is 0 Å². The summed E-state index contributed by atoms with van der Waals surface area (Å²) < 4.78 is 16.3. The van der Waals surface area contributed by atoms with Gasteiger partial charge in [0, 0.05) is 17.7 Å². The van der Waals surface area contributed by atoms with E-state index in [0.29, 0.717) is 30.3 Å². The number of nitrogens with zero attached hydrogens (tertiary/aromatic N) is 1. The van der Waals surface area contributed by atoms with Gasteiger partial charge in [0.05, 0.1) is 17.7 Å². The summed E-state index contributed by atoms with van der Waals surface area (Å²) in [5.41, 5.74) is 0.444. The van der Waals surface area contributed by atoms with Gasteiger partial charge in [-0.25, -0.2) is 0 Å². The summed E-state index contributed by atoms with van der Waals surface area (Å²) in [7, 11) is 1.42. The molecule has 30 heavy (non-hydrogen) atoms.